The van der Waals surface area contributed by atoms with Crippen molar-refractivity contribution >= 4 is 38.6 Å². The second-order valence-corrected chi connectivity index (χ2v) is 12.9. The number of hydrogen-bond acceptors (Lipinski definition) is 6. The van der Waals surface area contributed by atoms with E-state index >= 15 is 0 Å². The van der Waals surface area contributed by atoms with Gasteiger partial charge in [-0.15, -0.1) is 0 Å². The Morgan fingerprint density at radius 2 is 1.65 bits per heavy atom. The van der Waals surface area contributed by atoms with Crippen molar-refractivity contribution in [1.29, 1.82) is 5.26 Å². The standard InChI is InChI=1S/C41H33N5O3/c1-25(2)19-36(47)26-9-16-32(17-10-26)49-37-8-6-7-28-20-29(22-44-38(28)37)27-11-18-34-33(21-27)39-35(23-43-34)45(5)40(48)46(39)31-14-12-30(13-15-31)41(3,4)24-42/h6-23H,1-5H3. The molecule has 8 nitrogen and oxygen atoms in total. The number of hydrogen-bond donors (Lipinski definition) is 0. The number of nitriles is 1. The highest BCUT2D eigenvalue weighted by molar-refractivity contribution is 6.05. The molecule has 0 spiro atoms. The molecule has 0 atom stereocenters. The number of carbonyl (C=O) groups excluding carboxylic acids is 1. The van der Waals surface area contributed by atoms with E-state index in [1.807, 2.05) is 88.5 Å². The molecule has 8 heteroatoms. The van der Waals surface area contributed by atoms with Crippen LogP contribution in [0.1, 0.15) is 43.6 Å². The highest BCUT2D eigenvalue weighted by Gasteiger charge is 2.21. The first-order chi connectivity index (χ1) is 23.5. The van der Waals surface area contributed by atoms with Gasteiger partial charge in [0.25, 0.3) is 0 Å². The van der Waals surface area contributed by atoms with Crippen molar-refractivity contribution in [3.63, 3.8) is 0 Å². The van der Waals surface area contributed by atoms with Gasteiger partial charge in [0, 0.05) is 35.1 Å². The molecule has 0 radical (unpaired) electrons. The Labute approximate surface area is 283 Å². The van der Waals surface area contributed by atoms with Crippen LogP contribution < -0.4 is 10.4 Å². The summed E-state index contributed by atoms with van der Waals surface area (Å²) in [5, 5.41) is 11.3. The van der Waals surface area contributed by atoms with E-state index in [4.69, 9.17) is 9.72 Å². The Morgan fingerprint density at radius 3 is 2.37 bits per heavy atom. The number of carbonyl (C=O) groups is 1. The molecule has 4 aromatic carbocycles. The van der Waals surface area contributed by atoms with E-state index in [1.165, 1.54) is 0 Å². The monoisotopic (exact) mass is 643 g/mol. The van der Waals surface area contributed by atoms with E-state index in [9.17, 15) is 14.9 Å². The van der Waals surface area contributed by atoms with Crippen molar-refractivity contribution < 1.29 is 9.53 Å². The van der Waals surface area contributed by atoms with Gasteiger partial charge in [-0.1, -0.05) is 35.9 Å². The largest absolute Gasteiger partial charge is 0.455 e. The number of imidazole rings is 1. The van der Waals surface area contributed by atoms with E-state index in [0.717, 1.165) is 44.1 Å². The maximum absolute atomic E-state index is 13.6. The van der Waals surface area contributed by atoms with Crippen molar-refractivity contribution in [3.8, 4) is 34.4 Å². The first-order valence-electron chi connectivity index (χ1n) is 15.9. The first kappa shape index (κ1) is 31.3. The summed E-state index contributed by atoms with van der Waals surface area (Å²) in [6.07, 6.45) is 5.17. The lowest BCUT2D eigenvalue weighted by Gasteiger charge is -2.16. The topological polar surface area (TPSA) is 103 Å². The Balaban J connectivity index is 1.27. The summed E-state index contributed by atoms with van der Waals surface area (Å²) in [4.78, 5) is 35.5. The van der Waals surface area contributed by atoms with Gasteiger partial charge in [-0.05, 0) is 106 Å². The molecule has 0 saturated heterocycles. The molecule has 49 heavy (non-hydrogen) atoms. The molecule has 0 amide bonds. The Hall–Kier alpha value is -6.33. The van der Waals surface area contributed by atoms with Gasteiger partial charge in [0.1, 0.15) is 11.3 Å². The van der Waals surface area contributed by atoms with Gasteiger partial charge < -0.3 is 4.74 Å². The molecule has 240 valence electrons. The maximum Gasteiger partial charge on any atom is 0.333 e. The molecule has 3 aromatic heterocycles. The molecule has 3 heterocycles. The highest BCUT2D eigenvalue weighted by Crippen LogP contribution is 2.34. The summed E-state index contributed by atoms with van der Waals surface area (Å²) in [6, 6.07) is 30.9. The summed E-state index contributed by atoms with van der Waals surface area (Å²) in [6.45, 7) is 7.54. The molecule has 0 saturated carbocycles. The van der Waals surface area contributed by atoms with E-state index in [1.54, 1.807) is 52.7 Å². The van der Waals surface area contributed by atoms with Gasteiger partial charge in [-0.25, -0.2) is 4.79 Å². The van der Waals surface area contributed by atoms with Crippen molar-refractivity contribution in [1.82, 2.24) is 19.1 Å². The maximum atomic E-state index is 13.6. The number of ether oxygens (including phenoxy) is 1. The third-order valence-electron chi connectivity index (χ3n) is 8.80. The number of pyridine rings is 2. The fraction of sp³-hybridized carbons (Fsp3) is 0.146. The third kappa shape index (κ3) is 5.66. The van der Waals surface area contributed by atoms with Crippen molar-refractivity contribution in [2.45, 2.75) is 33.1 Å². The number of aromatic nitrogens is 4. The number of aryl methyl sites for hydroxylation is 1. The lowest BCUT2D eigenvalue weighted by atomic mass is 9.86. The molecular formula is C41H33N5O3. The quantitative estimate of drug-likeness (QED) is 0.127. The van der Waals surface area contributed by atoms with Gasteiger partial charge in [0.2, 0.25) is 0 Å². The first-order valence-corrected chi connectivity index (χ1v) is 15.9. The molecule has 0 fully saturated rings. The number of allylic oxidation sites excluding steroid dienone is 2. The smallest absolute Gasteiger partial charge is 0.333 e. The summed E-state index contributed by atoms with van der Waals surface area (Å²) in [5.41, 5.74) is 7.06. The number of nitrogens with zero attached hydrogens (tertiary/aromatic N) is 5. The molecule has 0 aliphatic rings. The summed E-state index contributed by atoms with van der Waals surface area (Å²) in [7, 11) is 1.75. The van der Waals surface area contributed by atoms with E-state index in [-0.39, 0.29) is 11.5 Å². The van der Waals surface area contributed by atoms with Crippen LogP contribution in [0.15, 0.2) is 120 Å². The summed E-state index contributed by atoms with van der Waals surface area (Å²) in [5.74, 6) is 1.17. The van der Waals surface area contributed by atoms with Gasteiger partial charge >= 0.3 is 5.69 Å². The zero-order valence-electron chi connectivity index (χ0n) is 27.9. The average molecular weight is 644 g/mol. The minimum Gasteiger partial charge on any atom is -0.455 e. The Bertz CT molecular complexity index is 2560. The van der Waals surface area contributed by atoms with E-state index in [2.05, 4.69) is 23.2 Å². The zero-order valence-corrected chi connectivity index (χ0v) is 27.9. The zero-order chi connectivity index (χ0) is 34.4. The highest BCUT2D eigenvalue weighted by atomic mass is 16.5. The molecule has 7 aromatic rings. The lowest BCUT2D eigenvalue weighted by molar-refractivity contribution is 0.104. The van der Waals surface area contributed by atoms with Crippen LogP contribution in [-0.4, -0.2) is 24.9 Å². The fourth-order valence-electron chi connectivity index (χ4n) is 6.04. The van der Waals surface area contributed by atoms with Gasteiger partial charge in [-0.3, -0.25) is 23.9 Å². The Kier molecular flexibility index (Phi) is 7.68. The second-order valence-electron chi connectivity index (χ2n) is 12.9. The molecule has 0 aliphatic carbocycles. The summed E-state index contributed by atoms with van der Waals surface area (Å²) >= 11 is 0. The minimum absolute atomic E-state index is 0.0403. The van der Waals surface area contributed by atoms with Crippen LogP contribution >= 0.6 is 0 Å². The lowest BCUT2D eigenvalue weighted by Crippen LogP contribution is -2.21. The van der Waals surface area contributed by atoms with Crippen LogP contribution in [-0.2, 0) is 12.5 Å². The van der Waals surface area contributed by atoms with Crippen molar-refractivity contribution in [3.05, 3.63) is 137 Å². The van der Waals surface area contributed by atoms with Gasteiger partial charge in [-0.2, -0.15) is 5.26 Å². The number of fused-ring (bicyclic) bond motifs is 4. The normalized spacial score (nSPS) is 11.5. The number of rotatable bonds is 7. The predicted octanol–water partition coefficient (Wildman–Crippen LogP) is 8.83. The van der Waals surface area contributed by atoms with Crippen molar-refractivity contribution in [2.75, 3.05) is 0 Å². The SMILES string of the molecule is CC(C)=CC(=O)c1ccc(Oc2cccc3cc(-c4ccc5ncc6c(c5c4)n(-c4ccc(C(C)(C)C#N)cc4)c(=O)n6C)cnc23)cc1. The van der Waals surface area contributed by atoms with Gasteiger partial charge in [0.15, 0.2) is 11.5 Å². The molecule has 0 N–H and O–H groups in total. The average Bonchev–Trinajstić information content (AvgIpc) is 3.37. The predicted molar refractivity (Wildman–Crippen MR) is 193 cm³/mol. The minimum atomic E-state index is -0.646. The summed E-state index contributed by atoms with van der Waals surface area (Å²) < 4.78 is 9.53. The van der Waals surface area contributed by atoms with Crippen LogP contribution in [0.25, 0.3) is 49.7 Å². The number of benzene rings is 4. The molecule has 0 aliphatic heterocycles. The van der Waals surface area contributed by atoms with Crippen LogP contribution in [0.3, 0.4) is 0 Å². The number of para-hydroxylation sites is 1. The second kappa shape index (κ2) is 12.0. The number of ketones is 1. The van der Waals surface area contributed by atoms with Crippen LogP contribution in [0.2, 0.25) is 0 Å². The fourth-order valence-corrected chi connectivity index (χ4v) is 6.04. The molecule has 0 bridgehead atoms. The van der Waals surface area contributed by atoms with Crippen LogP contribution in [0.4, 0.5) is 0 Å². The third-order valence-corrected chi connectivity index (χ3v) is 8.80. The van der Waals surface area contributed by atoms with Crippen LogP contribution in [0.5, 0.6) is 11.5 Å². The molecule has 0 unspecified atom stereocenters. The molecule has 7 rings (SSSR count). The van der Waals surface area contributed by atoms with E-state index in [0.29, 0.717) is 33.8 Å². The van der Waals surface area contributed by atoms with Crippen molar-refractivity contribution in [2.24, 2.45) is 7.05 Å². The van der Waals surface area contributed by atoms with Crippen LogP contribution in [0, 0.1) is 11.3 Å². The Morgan fingerprint density at radius 1 is 0.898 bits per heavy atom. The van der Waals surface area contributed by atoms with Gasteiger partial charge in [0.05, 0.1) is 39.9 Å². The van der Waals surface area contributed by atoms with E-state index < -0.39 is 5.41 Å². The molecular weight excluding hydrogens is 610 g/mol.